The minimum atomic E-state index is 0.0767. The van der Waals surface area contributed by atoms with Crippen molar-refractivity contribution >= 4 is 12.0 Å². The Kier molecular flexibility index (Phi) is 4.78. The second-order valence-electron chi connectivity index (χ2n) is 4.55. The van der Waals surface area contributed by atoms with Gasteiger partial charge in [0.15, 0.2) is 0 Å². The van der Waals surface area contributed by atoms with Crippen LogP contribution in [0.1, 0.15) is 18.4 Å². The van der Waals surface area contributed by atoms with Crippen LogP contribution < -0.4 is 5.73 Å². The van der Waals surface area contributed by atoms with E-state index in [1.807, 2.05) is 35.2 Å². The normalized spacial score (nSPS) is 15.6. The maximum atomic E-state index is 7.79. The summed E-state index contributed by atoms with van der Waals surface area (Å²) in [5.74, 6) is 0.203. The minimum Gasteiger partial charge on any atom is -0.465 e. The Morgan fingerprint density at radius 1 is 1.26 bits per heavy atom. The van der Waals surface area contributed by atoms with Crippen LogP contribution in [0.2, 0.25) is 0 Å². The van der Waals surface area contributed by atoms with Gasteiger partial charge in [-0.3, -0.25) is 5.41 Å². The third-order valence-corrected chi connectivity index (χ3v) is 3.11. The lowest BCUT2D eigenvalue weighted by atomic mass is 10.2. The molecule has 0 aliphatic carbocycles. The lowest BCUT2D eigenvalue weighted by molar-refractivity contribution is 0.304. The molecule has 2 rings (SSSR count). The van der Waals surface area contributed by atoms with E-state index in [2.05, 4.69) is 4.99 Å². The van der Waals surface area contributed by atoms with E-state index in [-0.39, 0.29) is 12.0 Å². The highest BCUT2D eigenvalue weighted by molar-refractivity contribution is 5.90. The number of hydrogen-bond acceptors (Lipinski definition) is 2. The molecule has 1 saturated heterocycles. The maximum absolute atomic E-state index is 7.79. The van der Waals surface area contributed by atoms with Crippen molar-refractivity contribution in [2.45, 2.75) is 19.3 Å². The molecule has 1 heterocycles. The van der Waals surface area contributed by atoms with E-state index < -0.39 is 0 Å². The molecule has 1 fully saturated rings. The zero-order valence-electron chi connectivity index (χ0n) is 11.0. The second kappa shape index (κ2) is 6.78. The van der Waals surface area contributed by atoms with Gasteiger partial charge in [0.25, 0.3) is 6.02 Å². The number of aliphatic imine (C=N–C) groups is 1. The number of amidine groups is 1. The Morgan fingerprint density at radius 3 is 2.63 bits per heavy atom. The molecule has 0 atom stereocenters. The fourth-order valence-electron chi connectivity index (χ4n) is 2.05. The molecule has 0 amide bonds. The van der Waals surface area contributed by atoms with Crippen molar-refractivity contribution in [3.8, 4) is 0 Å². The monoisotopic (exact) mass is 260 g/mol. The highest BCUT2D eigenvalue weighted by Crippen LogP contribution is 2.07. The van der Waals surface area contributed by atoms with Gasteiger partial charge in [-0.2, -0.15) is 4.99 Å². The van der Waals surface area contributed by atoms with Gasteiger partial charge in [0.1, 0.15) is 0 Å². The molecule has 0 unspecified atom stereocenters. The summed E-state index contributed by atoms with van der Waals surface area (Å²) in [7, 11) is 0. The highest BCUT2D eigenvalue weighted by Gasteiger charge is 2.14. The van der Waals surface area contributed by atoms with Crippen molar-refractivity contribution in [3.05, 3.63) is 35.9 Å². The topological polar surface area (TPSA) is 74.7 Å². The van der Waals surface area contributed by atoms with Crippen molar-refractivity contribution < 1.29 is 4.74 Å². The first-order valence-electron chi connectivity index (χ1n) is 6.60. The third-order valence-electron chi connectivity index (χ3n) is 3.11. The Hall–Kier alpha value is -2.04. The molecule has 0 bridgehead atoms. The minimum absolute atomic E-state index is 0.0767. The van der Waals surface area contributed by atoms with Gasteiger partial charge in [0, 0.05) is 19.5 Å². The molecule has 0 spiro atoms. The van der Waals surface area contributed by atoms with Gasteiger partial charge in [-0.05, 0) is 18.4 Å². The van der Waals surface area contributed by atoms with E-state index in [0.29, 0.717) is 6.61 Å². The number of benzene rings is 1. The largest absolute Gasteiger partial charge is 0.465 e. The lowest BCUT2D eigenvalue weighted by Gasteiger charge is -2.14. The number of nitrogens with two attached hydrogens (primary N) is 1. The number of nitrogens with zero attached hydrogens (tertiary/aromatic N) is 2. The fourth-order valence-corrected chi connectivity index (χ4v) is 2.05. The lowest BCUT2D eigenvalue weighted by Crippen LogP contribution is -2.29. The van der Waals surface area contributed by atoms with Crippen LogP contribution in [0.5, 0.6) is 0 Å². The molecule has 0 saturated carbocycles. The van der Waals surface area contributed by atoms with Gasteiger partial charge in [-0.15, -0.1) is 0 Å². The molecule has 1 aliphatic rings. The summed E-state index contributed by atoms with van der Waals surface area (Å²) in [4.78, 5) is 5.88. The predicted molar refractivity (Wildman–Crippen MR) is 76.3 cm³/mol. The summed E-state index contributed by atoms with van der Waals surface area (Å²) in [5.41, 5.74) is 6.87. The Morgan fingerprint density at radius 2 is 1.95 bits per heavy atom. The number of likely N-dealkylation sites (tertiary alicyclic amines) is 1. The van der Waals surface area contributed by atoms with Gasteiger partial charge in [0.05, 0.1) is 6.61 Å². The molecule has 19 heavy (non-hydrogen) atoms. The first-order valence-corrected chi connectivity index (χ1v) is 6.60. The SMILES string of the molecule is N=C(N=C(N)OCCc1ccccc1)N1CCCC1. The van der Waals surface area contributed by atoms with E-state index in [1.165, 1.54) is 5.56 Å². The third kappa shape index (κ3) is 4.28. The van der Waals surface area contributed by atoms with Crippen LogP contribution in [0.15, 0.2) is 35.3 Å². The van der Waals surface area contributed by atoms with Gasteiger partial charge in [-0.1, -0.05) is 30.3 Å². The average molecular weight is 260 g/mol. The summed E-state index contributed by atoms with van der Waals surface area (Å²) in [6.07, 6.45) is 3.02. The summed E-state index contributed by atoms with van der Waals surface area (Å²) in [6, 6.07) is 10.1. The number of ether oxygens (including phenoxy) is 1. The van der Waals surface area contributed by atoms with E-state index >= 15 is 0 Å². The molecule has 5 nitrogen and oxygen atoms in total. The number of hydrogen-bond donors (Lipinski definition) is 2. The van der Waals surface area contributed by atoms with Crippen molar-refractivity contribution in [3.63, 3.8) is 0 Å². The molecule has 5 heteroatoms. The van der Waals surface area contributed by atoms with Crippen LogP contribution in [0.4, 0.5) is 0 Å². The summed E-state index contributed by atoms with van der Waals surface area (Å²) in [5, 5.41) is 7.79. The molecular weight excluding hydrogens is 240 g/mol. The molecule has 0 aromatic heterocycles. The average Bonchev–Trinajstić information content (AvgIpc) is 2.94. The van der Waals surface area contributed by atoms with E-state index in [9.17, 15) is 0 Å². The van der Waals surface area contributed by atoms with Crippen LogP contribution in [-0.4, -0.2) is 36.6 Å². The molecular formula is C14H20N4O. The maximum Gasteiger partial charge on any atom is 0.289 e. The summed E-state index contributed by atoms with van der Waals surface area (Å²) >= 11 is 0. The molecule has 1 aromatic rings. The van der Waals surface area contributed by atoms with Crippen LogP contribution in [0, 0.1) is 5.41 Å². The number of guanidine groups is 1. The Balaban J connectivity index is 1.74. The first kappa shape index (κ1) is 13.4. The Labute approximate surface area is 113 Å². The van der Waals surface area contributed by atoms with Crippen molar-refractivity contribution in [1.29, 1.82) is 5.41 Å². The van der Waals surface area contributed by atoms with E-state index in [1.54, 1.807) is 0 Å². The highest BCUT2D eigenvalue weighted by atomic mass is 16.5. The molecule has 1 aromatic carbocycles. The predicted octanol–water partition coefficient (Wildman–Crippen LogP) is 1.59. The van der Waals surface area contributed by atoms with Crippen LogP contribution in [0.25, 0.3) is 0 Å². The molecule has 102 valence electrons. The van der Waals surface area contributed by atoms with Crippen LogP contribution in [0.3, 0.4) is 0 Å². The van der Waals surface area contributed by atoms with Gasteiger partial charge < -0.3 is 15.4 Å². The van der Waals surface area contributed by atoms with E-state index in [4.69, 9.17) is 15.9 Å². The number of nitrogens with one attached hydrogen (secondary N) is 1. The van der Waals surface area contributed by atoms with Gasteiger partial charge in [0.2, 0.25) is 5.96 Å². The zero-order valence-corrected chi connectivity index (χ0v) is 11.0. The molecule has 1 aliphatic heterocycles. The summed E-state index contributed by atoms with van der Waals surface area (Å²) in [6.45, 7) is 2.26. The van der Waals surface area contributed by atoms with Crippen molar-refractivity contribution in [2.24, 2.45) is 10.7 Å². The van der Waals surface area contributed by atoms with Crippen LogP contribution >= 0.6 is 0 Å². The quantitative estimate of drug-likeness (QED) is 0.640. The van der Waals surface area contributed by atoms with Gasteiger partial charge in [-0.25, -0.2) is 0 Å². The van der Waals surface area contributed by atoms with Gasteiger partial charge >= 0.3 is 0 Å². The van der Waals surface area contributed by atoms with Crippen molar-refractivity contribution in [2.75, 3.05) is 19.7 Å². The molecule has 3 N–H and O–H groups in total. The second-order valence-corrected chi connectivity index (χ2v) is 4.55. The Bertz CT molecular complexity index is 438. The number of rotatable bonds is 3. The smallest absolute Gasteiger partial charge is 0.289 e. The van der Waals surface area contributed by atoms with Crippen LogP contribution in [-0.2, 0) is 11.2 Å². The summed E-state index contributed by atoms with van der Waals surface area (Å²) < 4.78 is 5.34. The zero-order chi connectivity index (χ0) is 13.5. The fraction of sp³-hybridized carbons (Fsp3) is 0.429. The van der Waals surface area contributed by atoms with Crippen molar-refractivity contribution in [1.82, 2.24) is 4.90 Å². The standard InChI is InChI=1S/C14H20N4O/c15-13(18-9-4-5-10-18)17-14(16)19-11-8-12-6-2-1-3-7-12/h1-3,6-7H,4-5,8-11H2,(H3,15,16,17). The molecule has 0 radical (unpaired) electrons. The first-order chi connectivity index (χ1) is 9.25. The van der Waals surface area contributed by atoms with E-state index in [0.717, 1.165) is 32.4 Å².